The van der Waals surface area contributed by atoms with E-state index in [1.807, 2.05) is 0 Å². The van der Waals surface area contributed by atoms with Crippen LogP contribution in [0.15, 0.2) is 5.29 Å². The number of hydrogen-bond donors (Lipinski definition) is 1. The molecule has 0 bridgehead atoms. The molecule has 0 unspecified atom stereocenters. The monoisotopic (exact) mass is 227 g/mol. The summed E-state index contributed by atoms with van der Waals surface area (Å²) in [5.74, 6) is -1.11. The van der Waals surface area contributed by atoms with Gasteiger partial charge in [-0.05, 0) is 6.42 Å². The van der Waals surface area contributed by atoms with E-state index in [-0.39, 0.29) is 12.1 Å². The highest BCUT2D eigenvalue weighted by Gasteiger charge is 2.31. The molecule has 1 aromatic rings. The molecule has 0 aliphatic rings. The first kappa shape index (κ1) is 11.8. The summed E-state index contributed by atoms with van der Waals surface area (Å²) >= 11 is 0. The maximum absolute atomic E-state index is 11.0. The molecule has 0 aromatic carbocycles. The van der Waals surface area contributed by atoms with Crippen molar-refractivity contribution in [2.75, 3.05) is 0 Å². The Morgan fingerprint density at radius 2 is 2.31 bits per heavy atom. The molecule has 0 atom stereocenters. The first-order valence-corrected chi connectivity index (χ1v) is 4.42. The summed E-state index contributed by atoms with van der Waals surface area (Å²) in [7, 11) is 0. The molecule has 0 saturated heterocycles. The number of nitro groups is 1. The molecule has 0 spiro atoms. The predicted octanol–water partition coefficient (Wildman–Crippen LogP) is 0.372. The van der Waals surface area contributed by atoms with Crippen molar-refractivity contribution in [1.82, 2.24) is 9.89 Å². The van der Waals surface area contributed by atoms with Crippen LogP contribution in [-0.4, -0.2) is 20.7 Å². The quantitative estimate of drug-likeness (QED) is 0.440. The lowest BCUT2D eigenvalue weighted by molar-refractivity contribution is -0.385. The number of aryl methyl sites for hydroxylation is 1. The number of rotatable bonds is 5. The van der Waals surface area contributed by atoms with Crippen molar-refractivity contribution >= 4 is 11.6 Å². The van der Waals surface area contributed by atoms with Gasteiger partial charge in [0.2, 0.25) is 5.69 Å². The van der Waals surface area contributed by atoms with Gasteiger partial charge in [-0.25, -0.2) is 0 Å². The van der Waals surface area contributed by atoms with Crippen molar-refractivity contribution in [2.24, 2.45) is 11.0 Å². The summed E-state index contributed by atoms with van der Waals surface area (Å²) in [6.45, 7) is 1.78. The molecular weight excluding hydrogens is 218 g/mol. The van der Waals surface area contributed by atoms with Crippen molar-refractivity contribution < 1.29 is 9.72 Å². The van der Waals surface area contributed by atoms with Gasteiger partial charge in [0.05, 0.1) is 10.2 Å². The van der Waals surface area contributed by atoms with Gasteiger partial charge in [-0.3, -0.25) is 14.9 Å². The topological polar surface area (TPSA) is 133 Å². The number of amides is 1. The molecular formula is C7H9N5O4. The minimum absolute atomic E-state index is 0.0286. The molecule has 16 heavy (non-hydrogen) atoms. The highest BCUT2D eigenvalue weighted by atomic mass is 16.6. The first-order valence-electron chi connectivity index (χ1n) is 4.42. The van der Waals surface area contributed by atoms with Crippen LogP contribution in [0.1, 0.15) is 29.5 Å². The van der Waals surface area contributed by atoms with E-state index >= 15 is 0 Å². The van der Waals surface area contributed by atoms with Gasteiger partial charge in [0.25, 0.3) is 5.91 Å². The van der Waals surface area contributed by atoms with E-state index in [0.717, 1.165) is 0 Å². The average molecular weight is 227 g/mol. The van der Waals surface area contributed by atoms with Gasteiger partial charge in [0.1, 0.15) is 5.69 Å². The third kappa shape index (κ3) is 1.87. The fourth-order valence-corrected chi connectivity index (χ4v) is 1.31. The van der Waals surface area contributed by atoms with Crippen LogP contribution in [0.25, 0.3) is 0 Å². The molecule has 1 amide bonds. The van der Waals surface area contributed by atoms with Crippen molar-refractivity contribution in [3.63, 3.8) is 0 Å². The van der Waals surface area contributed by atoms with E-state index in [0.29, 0.717) is 11.2 Å². The number of carbonyl (C=O) groups excluding carboxylic acids is 1. The van der Waals surface area contributed by atoms with Gasteiger partial charge in [0.15, 0.2) is 0 Å². The molecule has 0 fully saturated rings. The Bertz CT molecular complexity index is 452. The Labute approximate surface area is 89.3 Å². The Hall–Kier alpha value is -2.32. The molecule has 0 aliphatic carbocycles. The van der Waals surface area contributed by atoms with Crippen LogP contribution in [0.5, 0.6) is 0 Å². The minimum Gasteiger partial charge on any atom is -0.364 e. The first-order chi connectivity index (χ1) is 7.52. The lowest BCUT2D eigenvalue weighted by atomic mass is 10.2. The number of nitrogens with two attached hydrogens (primary N) is 1. The highest BCUT2D eigenvalue weighted by molar-refractivity contribution is 5.95. The van der Waals surface area contributed by atoms with Crippen molar-refractivity contribution in [3.8, 4) is 0 Å². The van der Waals surface area contributed by atoms with Crippen LogP contribution in [0.2, 0.25) is 0 Å². The Morgan fingerprint density at radius 3 is 2.69 bits per heavy atom. The average Bonchev–Trinajstić information content (AvgIpc) is 2.57. The smallest absolute Gasteiger partial charge is 0.325 e. The standard InChI is InChI=1S/C7H9N5O4/c1-2-3-4-5(12(15)16)6(7(8)13)11(9-4)10-14/h2-3H2,1H3,(H2,8,13). The van der Waals surface area contributed by atoms with Gasteiger partial charge in [-0.15, -0.1) is 14.8 Å². The second-order valence-electron chi connectivity index (χ2n) is 2.99. The molecule has 0 radical (unpaired) electrons. The van der Waals surface area contributed by atoms with Crippen molar-refractivity contribution in [2.45, 2.75) is 19.8 Å². The zero-order valence-corrected chi connectivity index (χ0v) is 8.41. The Balaban J connectivity index is 3.47. The SMILES string of the molecule is CCCc1nn(N=O)c(C(N)=O)c1[N+](=O)[O-]. The molecule has 1 rings (SSSR count). The lowest BCUT2D eigenvalue weighted by Crippen LogP contribution is -2.17. The summed E-state index contributed by atoms with van der Waals surface area (Å²) in [5, 5.41) is 16.7. The van der Waals surface area contributed by atoms with Crippen LogP contribution >= 0.6 is 0 Å². The number of nitrogens with zero attached hydrogens (tertiary/aromatic N) is 4. The van der Waals surface area contributed by atoms with Crippen LogP contribution in [0.4, 0.5) is 5.69 Å². The van der Waals surface area contributed by atoms with Gasteiger partial charge in [-0.1, -0.05) is 13.3 Å². The zero-order chi connectivity index (χ0) is 12.3. The Morgan fingerprint density at radius 1 is 1.69 bits per heavy atom. The maximum Gasteiger partial charge on any atom is 0.325 e. The third-order valence-electron chi connectivity index (χ3n) is 1.89. The van der Waals surface area contributed by atoms with Crippen LogP contribution < -0.4 is 5.73 Å². The van der Waals surface area contributed by atoms with Crippen molar-refractivity contribution in [3.05, 3.63) is 26.4 Å². The molecule has 1 heterocycles. The second kappa shape index (κ2) is 4.47. The van der Waals surface area contributed by atoms with E-state index in [4.69, 9.17) is 5.73 Å². The van der Waals surface area contributed by atoms with Crippen molar-refractivity contribution in [1.29, 1.82) is 0 Å². The number of hydrogen-bond acceptors (Lipinski definition) is 6. The van der Waals surface area contributed by atoms with Gasteiger partial charge >= 0.3 is 5.69 Å². The summed E-state index contributed by atoms with van der Waals surface area (Å²) in [5.41, 5.74) is 3.82. The zero-order valence-electron chi connectivity index (χ0n) is 8.41. The van der Waals surface area contributed by atoms with E-state index < -0.39 is 22.2 Å². The minimum atomic E-state index is -1.11. The summed E-state index contributed by atoms with van der Waals surface area (Å²) < 4.78 is 0. The fraction of sp³-hybridized carbons (Fsp3) is 0.429. The van der Waals surface area contributed by atoms with Crippen LogP contribution in [-0.2, 0) is 6.42 Å². The fourth-order valence-electron chi connectivity index (χ4n) is 1.31. The molecule has 2 N–H and O–H groups in total. The molecule has 86 valence electrons. The highest BCUT2D eigenvalue weighted by Crippen LogP contribution is 2.24. The third-order valence-corrected chi connectivity index (χ3v) is 1.89. The number of carbonyl (C=O) groups is 1. The largest absolute Gasteiger partial charge is 0.364 e. The summed E-state index contributed by atoms with van der Waals surface area (Å²) in [4.78, 5) is 31.6. The maximum atomic E-state index is 11.0. The molecule has 9 nitrogen and oxygen atoms in total. The lowest BCUT2D eigenvalue weighted by Gasteiger charge is -1.93. The second-order valence-corrected chi connectivity index (χ2v) is 2.99. The van der Waals surface area contributed by atoms with E-state index in [1.54, 1.807) is 6.92 Å². The predicted molar refractivity (Wildman–Crippen MR) is 52.6 cm³/mol. The Kier molecular flexibility index (Phi) is 3.28. The van der Waals surface area contributed by atoms with Crippen LogP contribution in [0.3, 0.4) is 0 Å². The van der Waals surface area contributed by atoms with Gasteiger partial charge in [0, 0.05) is 0 Å². The number of primary amides is 1. The van der Waals surface area contributed by atoms with E-state index in [1.165, 1.54) is 0 Å². The molecule has 1 aromatic heterocycles. The normalized spacial score (nSPS) is 10.1. The van der Waals surface area contributed by atoms with Gasteiger partial charge < -0.3 is 5.73 Å². The summed E-state index contributed by atoms with van der Waals surface area (Å²) in [6.07, 6.45) is 0.841. The summed E-state index contributed by atoms with van der Waals surface area (Å²) in [6, 6.07) is 0. The van der Waals surface area contributed by atoms with Crippen LogP contribution in [0, 0.1) is 15.0 Å². The van der Waals surface area contributed by atoms with Gasteiger partial charge in [-0.2, -0.15) is 0 Å². The van der Waals surface area contributed by atoms with E-state index in [9.17, 15) is 19.8 Å². The number of aromatic nitrogens is 2. The number of nitroso groups, excluding NO2 is 1. The molecule has 0 saturated carbocycles. The van der Waals surface area contributed by atoms with E-state index in [2.05, 4.69) is 10.4 Å². The molecule has 0 aliphatic heterocycles. The molecule has 9 heteroatoms.